The maximum Gasteiger partial charge on any atom is 0.393 e. The van der Waals surface area contributed by atoms with Gasteiger partial charge in [0.05, 0.1) is 5.92 Å². The van der Waals surface area contributed by atoms with Crippen LogP contribution >= 0.6 is 0 Å². The third kappa shape index (κ3) is 4.40. The van der Waals surface area contributed by atoms with Gasteiger partial charge in [0, 0.05) is 31.7 Å². The predicted octanol–water partition coefficient (Wildman–Crippen LogP) is 1.46. The van der Waals surface area contributed by atoms with Crippen LogP contribution in [0.15, 0.2) is 0 Å². The van der Waals surface area contributed by atoms with Gasteiger partial charge in [0.1, 0.15) is 0 Å². The van der Waals surface area contributed by atoms with Crippen molar-refractivity contribution in [3.05, 3.63) is 0 Å². The molecule has 0 bridgehead atoms. The minimum atomic E-state index is -4.08. The van der Waals surface area contributed by atoms with Gasteiger partial charge in [0.25, 0.3) is 0 Å². The summed E-state index contributed by atoms with van der Waals surface area (Å²) in [6, 6.07) is -0.209. The lowest BCUT2D eigenvalue weighted by Crippen LogP contribution is -2.48. The van der Waals surface area contributed by atoms with Gasteiger partial charge in [0.15, 0.2) is 0 Å². The molecule has 2 N–H and O–H groups in total. The second kappa shape index (κ2) is 6.73. The molecule has 18 heavy (non-hydrogen) atoms. The summed E-state index contributed by atoms with van der Waals surface area (Å²) in [7, 11) is 1.85. The molecule has 0 aromatic heterocycles. The quantitative estimate of drug-likeness (QED) is 0.763. The normalized spacial score (nSPS) is 25.3. The number of alkyl halides is 3. The zero-order chi connectivity index (χ0) is 13.8. The first-order valence-electron chi connectivity index (χ1n) is 6.55. The van der Waals surface area contributed by atoms with Crippen molar-refractivity contribution in [2.45, 2.75) is 38.5 Å². The standard InChI is InChI=1S/C12H24F3N3/c1-9(2)18(7-6-16-3)8-11-10(4-5-17-11)12(13,14)15/h9-11,16-17H,4-8H2,1-3H3. The van der Waals surface area contributed by atoms with E-state index in [0.717, 1.165) is 13.1 Å². The van der Waals surface area contributed by atoms with E-state index in [1.165, 1.54) is 0 Å². The molecule has 0 saturated carbocycles. The summed E-state index contributed by atoms with van der Waals surface area (Å²) >= 11 is 0. The molecule has 3 nitrogen and oxygen atoms in total. The highest BCUT2D eigenvalue weighted by Gasteiger charge is 2.47. The maximum absolute atomic E-state index is 12.8. The number of halogens is 3. The topological polar surface area (TPSA) is 27.3 Å². The number of nitrogens with one attached hydrogen (secondary N) is 2. The number of likely N-dealkylation sites (N-methyl/N-ethyl adjacent to an activating group) is 1. The number of hydrogen-bond donors (Lipinski definition) is 2. The Balaban J connectivity index is 2.57. The van der Waals surface area contributed by atoms with Crippen LogP contribution in [0.2, 0.25) is 0 Å². The second-order valence-corrected chi connectivity index (χ2v) is 5.19. The van der Waals surface area contributed by atoms with Gasteiger partial charge in [-0.05, 0) is 33.9 Å². The van der Waals surface area contributed by atoms with Crippen LogP contribution in [0.3, 0.4) is 0 Å². The molecule has 0 spiro atoms. The van der Waals surface area contributed by atoms with Crippen LogP contribution in [0.5, 0.6) is 0 Å². The van der Waals surface area contributed by atoms with E-state index in [9.17, 15) is 13.2 Å². The molecule has 0 aromatic rings. The Morgan fingerprint density at radius 1 is 1.39 bits per heavy atom. The van der Waals surface area contributed by atoms with Crippen LogP contribution in [0.4, 0.5) is 13.2 Å². The number of rotatable bonds is 6. The van der Waals surface area contributed by atoms with Crippen LogP contribution in [-0.4, -0.2) is 56.4 Å². The van der Waals surface area contributed by atoms with Gasteiger partial charge in [-0.1, -0.05) is 0 Å². The Morgan fingerprint density at radius 2 is 2.06 bits per heavy atom. The molecule has 2 unspecified atom stereocenters. The zero-order valence-corrected chi connectivity index (χ0v) is 11.3. The van der Waals surface area contributed by atoms with Gasteiger partial charge in [0.2, 0.25) is 0 Å². The fraction of sp³-hybridized carbons (Fsp3) is 1.00. The van der Waals surface area contributed by atoms with Gasteiger partial charge in [-0.3, -0.25) is 4.90 Å². The molecular formula is C12H24F3N3. The molecule has 108 valence electrons. The Morgan fingerprint density at radius 3 is 2.56 bits per heavy atom. The first-order chi connectivity index (χ1) is 8.36. The first kappa shape index (κ1) is 15.7. The molecule has 2 atom stereocenters. The van der Waals surface area contributed by atoms with E-state index < -0.39 is 18.1 Å². The fourth-order valence-electron chi connectivity index (χ4n) is 2.42. The van der Waals surface area contributed by atoms with E-state index in [1.54, 1.807) is 0 Å². The van der Waals surface area contributed by atoms with Crippen LogP contribution in [0, 0.1) is 5.92 Å². The summed E-state index contributed by atoms with van der Waals surface area (Å²) in [6.07, 6.45) is -3.88. The first-order valence-corrected chi connectivity index (χ1v) is 6.55. The summed E-state index contributed by atoms with van der Waals surface area (Å²) in [6.45, 7) is 6.54. The van der Waals surface area contributed by atoms with Crippen molar-refractivity contribution >= 4 is 0 Å². The molecule has 0 radical (unpaired) electrons. The average Bonchev–Trinajstić information content (AvgIpc) is 2.71. The molecule has 0 aromatic carbocycles. The lowest BCUT2D eigenvalue weighted by Gasteiger charge is -2.32. The van der Waals surface area contributed by atoms with E-state index in [2.05, 4.69) is 15.5 Å². The van der Waals surface area contributed by atoms with Crippen molar-refractivity contribution in [2.75, 3.05) is 33.2 Å². The van der Waals surface area contributed by atoms with Crippen LogP contribution in [0.25, 0.3) is 0 Å². The lowest BCUT2D eigenvalue weighted by molar-refractivity contribution is -0.177. The van der Waals surface area contributed by atoms with E-state index in [4.69, 9.17) is 0 Å². The lowest BCUT2D eigenvalue weighted by atomic mass is 9.99. The number of nitrogens with zero attached hydrogens (tertiary/aromatic N) is 1. The molecule has 1 rings (SSSR count). The highest BCUT2D eigenvalue weighted by atomic mass is 19.4. The zero-order valence-electron chi connectivity index (χ0n) is 11.3. The van der Waals surface area contributed by atoms with Crippen molar-refractivity contribution in [3.8, 4) is 0 Å². The van der Waals surface area contributed by atoms with E-state index in [1.807, 2.05) is 20.9 Å². The third-order valence-corrected chi connectivity index (χ3v) is 3.58. The van der Waals surface area contributed by atoms with Gasteiger partial charge >= 0.3 is 6.18 Å². The SMILES string of the molecule is CNCCN(CC1NCCC1C(F)(F)F)C(C)C. The van der Waals surface area contributed by atoms with Crippen molar-refractivity contribution < 1.29 is 13.2 Å². The largest absolute Gasteiger partial charge is 0.393 e. The summed E-state index contributed by atoms with van der Waals surface area (Å²) < 4.78 is 38.5. The minimum Gasteiger partial charge on any atom is -0.318 e. The van der Waals surface area contributed by atoms with Crippen molar-refractivity contribution in [1.82, 2.24) is 15.5 Å². The van der Waals surface area contributed by atoms with Crippen molar-refractivity contribution in [2.24, 2.45) is 5.92 Å². The Hall–Kier alpha value is -0.330. The molecule has 1 saturated heterocycles. The van der Waals surface area contributed by atoms with Gasteiger partial charge in [-0.15, -0.1) is 0 Å². The molecule has 1 aliphatic rings. The summed E-state index contributed by atoms with van der Waals surface area (Å²) in [4.78, 5) is 2.10. The van der Waals surface area contributed by atoms with E-state index in [0.29, 0.717) is 13.1 Å². The van der Waals surface area contributed by atoms with Crippen LogP contribution < -0.4 is 10.6 Å². The smallest absolute Gasteiger partial charge is 0.318 e. The Kier molecular flexibility index (Phi) is 5.88. The molecule has 1 fully saturated rings. The monoisotopic (exact) mass is 267 g/mol. The molecule has 1 aliphatic heterocycles. The second-order valence-electron chi connectivity index (χ2n) is 5.19. The van der Waals surface area contributed by atoms with Gasteiger partial charge < -0.3 is 10.6 Å². The minimum absolute atomic E-state index is 0.201. The summed E-state index contributed by atoms with van der Waals surface area (Å²) in [5.74, 6) is -1.20. The van der Waals surface area contributed by atoms with Crippen LogP contribution in [-0.2, 0) is 0 Å². The fourth-order valence-corrected chi connectivity index (χ4v) is 2.42. The molecule has 0 amide bonds. The highest BCUT2D eigenvalue weighted by Crippen LogP contribution is 2.34. The van der Waals surface area contributed by atoms with Gasteiger partial charge in [-0.25, -0.2) is 0 Å². The summed E-state index contributed by atoms with van der Waals surface area (Å²) in [5.41, 5.74) is 0. The van der Waals surface area contributed by atoms with E-state index in [-0.39, 0.29) is 12.5 Å². The predicted molar refractivity (Wildman–Crippen MR) is 66.6 cm³/mol. The maximum atomic E-state index is 12.8. The highest BCUT2D eigenvalue weighted by molar-refractivity contribution is 4.90. The molecular weight excluding hydrogens is 243 g/mol. The number of hydrogen-bond acceptors (Lipinski definition) is 3. The average molecular weight is 267 g/mol. The molecule has 1 heterocycles. The van der Waals surface area contributed by atoms with Crippen LogP contribution in [0.1, 0.15) is 20.3 Å². The third-order valence-electron chi connectivity index (χ3n) is 3.58. The van der Waals surface area contributed by atoms with Gasteiger partial charge in [-0.2, -0.15) is 13.2 Å². The summed E-state index contributed by atoms with van der Waals surface area (Å²) in [5, 5.41) is 6.03. The molecule has 0 aliphatic carbocycles. The molecule has 6 heteroatoms. The Bertz CT molecular complexity index is 243. The van der Waals surface area contributed by atoms with Crippen molar-refractivity contribution in [1.29, 1.82) is 0 Å². The van der Waals surface area contributed by atoms with E-state index >= 15 is 0 Å². The Labute approximate surface area is 107 Å². The van der Waals surface area contributed by atoms with Crippen molar-refractivity contribution in [3.63, 3.8) is 0 Å².